The van der Waals surface area contributed by atoms with Gasteiger partial charge in [0, 0.05) is 35.9 Å². The Kier molecular flexibility index (Phi) is 8.35. The summed E-state index contributed by atoms with van der Waals surface area (Å²) in [6.07, 6.45) is 1.98. The first kappa shape index (κ1) is 27.8. The maximum absolute atomic E-state index is 13.4. The molecule has 1 amide bonds. The van der Waals surface area contributed by atoms with Gasteiger partial charge < -0.3 is 10.6 Å². The summed E-state index contributed by atoms with van der Waals surface area (Å²) in [6.45, 7) is 1.07. The van der Waals surface area contributed by atoms with Gasteiger partial charge in [-0.15, -0.1) is 0 Å². The van der Waals surface area contributed by atoms with Crippen molar-refractivity contribution in [3.63, 3.8) is 0 Å². The maximum Gasteiger partial charge on any atom is 0.232 e. The molecule has 0 fully saturated rings. The van der Waals surface area contributed by atoms with Crippen LogP contribution in [-0.2, 0) is 17.9 Å². The molecule has 0 aliphatic rings. The lowest BCUT2D eigenvalue weighted by Crippen LogP contribution is -2.29. The van der Waals surface area contributed by atoms with Crippen LogP contribution in [0, 0.1) is 0 Å². The maximum atomic E-state index is 13.4. The fraction of sp³-hybridized carbons (Fsp3) is 0.0857. The van der Waals surface area contributed by atoms with Crippen molar-refractivity contribution in [1.82, 2.24) is 14.7 Å². The zero-order valence-electron chi connectivity index (χ0n) is 22.7. The van der Waals surface area contributed by atoms with Gasteiger partial charge in [0.05, 0.1) is 16.1 Å². The van der Waals surface area contributed by atoms with E-state index in [1.807, 2.05) is 108 Å². The van der Waals surface area contributed by atoms with Crippen molar-refractivity contribution in [1.29, 1.82) is 0 Å². The molecule has 0 spiro atoms. The van der Waals surface area contributed by atoms with Gasteiger partial charge in [0.2, 0.25) is 5.91 Å². The second-order valence-electron chi connectivity index (χ2n) is 10.0. The number of benzene rings is 4. The second-order valence-corrected chi connectivity index (χ2v) is 11.3. The van der Waals surface area contributed by atoms with Gasteiger partial charge in [0.25, 0.3) is 0 Å². The molecule has 0 unspecified atom stereocenters. The second kappa shape index (κ2) is 12.6. The molecule has 7 heteroatoms. The lowest BCUT2D eigenvalue weighted by atomic mass is 9.90. The zero-order chi connectivity index (χ0) is 28.9. The number of carbonyl (C=O) groups excluding carboxylic acids is 1. The molecule has 5 nitrogen and oxygen atoms in total. The summed E-state index contributed by atoms with van der Waals surface area (Å²) in [7, 11) is 0. The molecule has 2 aromatic heterocycles. The van der Waals surface area contributed by atoms with Gasteiger partial charge in [-0.3, -0.25) is 9.20 Å². The van der Waals surface area contributed by atoms with Gasteiger partial charge >= 0.3 is 0 Å². The highest BCUT2D eigenvalue weighted by Crippen LogP contribution is 2.31. The highest BCUT2D eigenvalue weighted by atomic mass is 79.9. The highest BCUT2D eigenvalue weighted by molar-refractivity contribution is 9.10. The van der Waals surface area contributed by atoms with Gasteiger partial charge in [0.15, 0.2) is 5.65 Å². The molecule has 0 bridgehead atoms. The number of halogens is 2. The predicted octanol–water partition coefficient (Wildman–Crippen LogP) is 8.48. The van der Waals surface area contributed by atoms with Crippen molar-refractivity contribution in [3.05, 3.63) is 159 Å². The number of nitrogens with zero attached hydrogens (tertiary/aromatic N) is 2. The normalized spacial score (nSPS) is 11.1. The van der Waals surface area contributed by atoms with Crippen molar-refractivity contribution >= 4 is 44.9 Å². The Bertz CT molecular complexity index is 1780. The Labute approximate surface area is 258 Å². The SMILES string of the molecule is O=C(NCc1ccc(CNc2cc(-c3ccccc3Cl)nc3c(Br)ccn23)cc1)C(c1ccccc1)c1ccccc1. The molecule has 2 heterocycles. The summed E-state index contributed by atoms with van der Waals surface area (Å²) in [5.41, 5.74) is 6.59. The van der Waals surface area contributed by atoms with Crippen LogP contribution < -0.4 is 10.6 Å². The van der Waals surface area contributed by atoms with Gasteiger partial charge in [-0.1, -0.05) is 115 Å². The van der Waals surface area contributed by atoms with Gasteiger partial charge in [0.1, 0.15) is 5.82 Å². The summed E-state index contributed by atoms with van der Waals surface area (Å²) in [5, 5.41) is 7.36. The lowest BCUT2D eigenvalue weighted by Gasteiger charge is -2.18. The summed E-state index contributed by atoms with van der Waals surface area (Å²) in [5.74, 6) is 0.523. The average molecular weight is 636 g/mol. The standard InChI is InChI=1S/C35H28BrClN4O/c36-29-19-20-41-32(21-31(40-34(29)41)28-13-7-8-14-30(28)37)38-22-24-15-17-25(18-16-24)23-39-35(42)33(26-9-3-1-4-10-26)27-11-5-2-6-12-27/h1-21,33,38H,22-23H2,(H,39,42). The van der Waals surface area contributed by atoms with Crippen LogP contribution in [0.25, 0.3) is 16.9 Å². The van der Waals surface area contributed by atoms with Crippen LogP contribution in [0.1, 0.15) is 28.2 Å². The van der Waals surface area contributed by atoms with E-state index < -0.39 is 0 Å². The lowest BCUT2D eigenvalue weighted by molar-refractivity contribution is -0.121. The smallest absolute Gasteiger partial charge is 0.232 e. The fourth-order valence-corrected chi connectivity index (χ4v) is 5.67. The average Bonchev–Trinajstić information content (AvgIpc) is 3.41. The molecule has 2 N–H and O–H groups in total. The number of fused-ring (bicyclic) bond motifs is 1. The number of hydrogen-bond donors (Lipinski definition) is 2. The number of rotatable bonds is 9. The van der Waals surface area contributed by atoms with Crippen LogP contribution in [0.2, 0.25) is 5.02 Å². The van der Waals surface area contributed by atoms with Gasteiger partial charge in [-0.05, 0) is 50.3 Å². The Morgan fingerprint density at radius 2 is 1.38 bits per heavy atom. The predicted molar refractivity (Wildman–Crippen MR) is 174 cm³/mol. The first-order valence-corrected chi connectivity index (χ1v) is 14.9. The molecule has 6 rings (SSSR count). The fourth-order valence-electron chi connectivity index (χ4n) is 5.04. The van der Waals surface area contributed by atoms with Crippen LogP contribution in [0.5, 0.6) is 0 Å². The van der Waals surface area contributed by atoms with E-state index in [4.69, 9.17) is 16.6 Å². The Morgan fingerprint density at radius 1 is 0.786 bits per heavy atom. The third-order valence-corrected chi connectivity index (χ3v) is 8.16. The minimum atomic E-state index is -0.363. The van der Waals surface area contributed by atoms with Crippen LogP contribution in [0.4, 0.5) is 5.82 Å². The topological polar surface area (TPSA) is 58.4 Å². The largest absolute Gasteiger partial charge is 0.367 e. The zero-order valence-corrected chi connectivity index (χ0v) is 25.0. The van der Waals surface area contributed by atoms with Crippen molar-refractivity contribution in [2.24, 2.45) is 0 Å². The van der Waals surface area contributed by atoms with Crippen LogP contribution >= 0.6 is 27.5 Å². The molecule has 0 aliphatic carbocycles. The molecule has 0 atom stereocenters. The Hall–Kier alpha value is -4.39. The van der Waals surface area contributed by atoms with Crippen molar-refractivity contribution in [3.8, 4) is 11.3 Å². The minimum Gasteiger partial charge on any atom is -0.367 e. The number of hydrogen-bond acceptors (Lipinski definition) is 3. The number of anilines is 1. The van der Waals surface area contributed by atoms with E-state index in [1.165, 1.54) is 0 Å². The number of amides is 1. The highest BCUT2D eigenvalue weighted by Gasteiger charge is 2.22. The monoisotopic (exact) mass is 634 g/mol. The van der Waals surface area contributed by atoms with Gasteiger partial charge in [-0.25, -0.2) is 4.98 Å². The van der Waals surface area contributed by atoms with Gasteiger partial charge in [-0.2, -0.15) is 0 Å². The van der Waals surface area contributed by atoms with E-state index in [0.717, 1.165) is 49.4 Å². The summed E-state index contributed by atoms with van der Waals surface area (Å²) in [6, 6.07) is 39.8. The Morgan fingerprint density at radius 3 is 2.02 bits per heavy atom. The molecule has 4 aromatic carbocycles. The number of nitrogens with one attached hydrogen (secondary N) is 2. The molecular weight excluding hydrogens is 608 g/mol. The van der Waals surface area contributed by atoms with Crippen molar-refractivity contribution in [2.75, 3.05) is 5.32 Å². The molecule has 6 aromatic rings. The minimum absolute atomic E-state index is 0.0212. The first-order valence-electron chi connectivity index (χ1n) is 13.7. The molecule has 0 radical (unpaired) electrons. The van der Waals surface area contributed by atoms with E-state index in [0.29, 0.717) is 18.1 Å². The summed E-state index contributed by atoms with van der Waals surface area (Å²) < 4.78 is 2.93. The van der Waals surface area contributed by atoms with E-state index in [9.17, 15) is 4.79 Å². The van der Waals surface area contributed by atoms with E-state index in [-0.39, 0.29) is 11.8 Å². The summed E-state index contributed by atoms with van der Waals surface area (Å²) in [4.78, 5) is 18.2. The van der Waals surface area contributed by atoms with Crippen molar-refractivity contribution in [2.45, 2.75) is 19.0 Å². The van der Waals surface area contributed by atoms with Crippen LogP contribution in [0.3, 0.4) is 0 Å². The molecule has 42 heavy (non-hydrogen) atoms. The van der Waals surface area contributed by atoms with Crippen LogP contribution in [-0.4, -0.2) is 15.3 Å². The van der Waals surface area contributed by atoms with Crippen LogP contribution in [0.15, 0.2) is 132 Å². The molecule has 0 saturated heterocycles. The molecular formula is C35H28BrClN4O. The number of aromatic nitrogens is 2. The first-order chi connectivity index (χ1) is 20.6. The quantitative estimate of drug-likeness (QED) is 0.168. The van der Waals surface area contributed by atoms with E-state index in [2.05, 4.69) is 50.8 Å². The third-order valence-electron chi connectivity index (χ3n) is 7.21. The van der Waals surface area contributed by atoms with E-state index in [1.54, 1.807) is 0 Å². The molecule has 0 aliphatic heterocycles. The molecule has 208 valence electrons. The summed E-state index contributed by atoms with van der Waals surface area (Å²) >= 11 is 10.1. The third kappa shape index (κ3) is 6.10. The molecule has 0 saturated carbocycles. The number of carbonyl (C=O) groups is 1. The van der Waals surface area contributed by atoms with Crippen molar-refractivity contribution < 1.29 is 4.79 Å². The van der Waals surface area contributed by atoms with E-state index >= 15 is 0 Å². The Balaban J connectivity index is 1.14.